The summed E-state index contributed by atoms with van der Waals surface area (Å²) < 4.78 is 5.59. The average molecular weight is 273 g/mol. The number of hydrogen-bond acceptors (Lipinski definition) is 4. The number of pyridine rings is 1. The molecule has 0 fully saturated rings. The van der Waals surface area contributed by atoms with Crippen LogP contribution in [0.2, 0.25) is 0 Å². The van der Waals surface area contributed by atoms with Crippen molar-refractivity contribution >= 4 is 11.5 Å². The zero-order valence-corrected chi connectivity index (χ0v) is 12.7. The van der Waals surface area contributed by atoms with Crippen LogP contribution in [0.5, 0.6) is 0 Å². The summed E-state index contributed by atoms with van der Waals surface area (Å²) in [7, 11) is 0. The summed E-state index contributed by atoms with van der Waals surface area (Å²) >= 11 is 0. The van der Waals surface area contributed by atoms with Gasteiger partial charge in [0.1, 0.15) is 17.3 Å². The van der Waals surface area contributed by atoms with Crippen LogP contribution < -0.4 is 10.6 Å². The van der Waals surface area contributed by atoms with Crippen molar-refractivity contribution in [2.75, 3.05) is 17.2 Å². The van der Waals surface area contributed by atoms with Crippen LogP contribution in [0.15, 0.2) is 28.8 Å². The minimum Gasteiger partial charge on any atom is -0.466 e. The first-order chi connectivity index (χ1) is 9.60. The summed E-state index contributed by atoms with van der Waals surface area (Å²) in [6.45, 7) is 9.19. The minimum absolute atomic E-state index is 0.203. The van der Waals surface area contributed by atoms with Crippen molar-refractivity contribution in [2.45, 2.75) is 40.2 Å². The van der Waals surface area contributed by atoms with E-state index in [1.807, 2.05) is 32.2 Å². The second-order valence-electron chi connectivity index (χ2n) is 5.09. The summed E-state index contributed by atoms with van der Waals surface area (Å²) in [5.74, 6) is 2.83. The molecular weight excluding hydrogens is 250 g/mol. The Hall–Kier alpha value is -1.97. The van der Waals surface area contributed by atoms with Crippen molar-refractivity contribution < 1.29 is 4.42 Å². The fourth-order valence-corrected chi connectivity index (χ4v) is 2.28. The molecule has 0 amide bonds. The standard InChI is InChI=1S/C16H23N3O/c1-5-7-17-16-10-14(6-8-18-16)19-12(3)15-9-11(2)20-13(15)4/h6,8-10,12H,5,7H2,1-4H3,(H2,17,18,19). The Morgan fingerprint density at radius 2 is 2.10 bits per heavy atom. The van der Waals surface area contributed by atoms with Crippen LogP contribution in [0, 0.1) is 13.8 Å². The lowest BCUT2D eigenvalue weighted by Gasteiger charge is -2.15. The van der Waals surface area contributed by atoms with Crippen LogP contribution in [-0.2, 0) is 0 Å². The maximum Gasteiger partial charge on any atom is 0.127 e. The highest BCUT2D eigenvalue weighted by Crippen LogP contribution is 2.25. The Bertz CT molecular complexity index is 563. The van der Waals surface area contributed by atoms with E-state index in [1.165, 1.54) is 5.56 Å². The lowest BCUT2D eigenvalue weighted by atomic mass is 10.1. The van der Waals surface area contributed by atoms with Crippen LogP contribution >= 0.6 is 0 Å². The lowest BCUT2D eigenvalue weighted by Crippen LogP contribution is -2.08. The summed E-state index contributed by atoms with van der Waals surface area (Å²) in [5.41, 5.74) is 2.26. The summed E-state index contributed by atoms with van der Waals surface area (Å²) in [4.78, 5) is 4.31. The van der Waals surface area contributed by atoms with E-state index in [0.717, 1.165) is 36.0 Å². The first kappa shape index (κ1) is 14.4. The predicted octanol–water partition coefficient (Wildman–Crippen LogP) is 4.29. The molecule has 108 valence electrons. The molecule has 0 aliphatic carbocycles. The van der Waals surface area contributed by atoms with Crippen molar-refractivity contribution in [3.63, 3.8) is 0 Å². The van der Waals surface area contributed by atoms with Crippen molar-refractivity contribution in [1.82, 2.24) is 4.98 Å². The smallest absolute Gasteiger partial charge is 0.127 e. The molecule has 4 nitrogen and oxygen atoms in total. The number of nitrogens with one attached hydrogen (secondary N) is 2. The molecule has 2 rings (SSSR count). The molecule has 1 atom stereocenters. The van der Waals surface area contributed by atoms with Crippen molar-refractivity contribution in [3.05, 3.63) is 41.5 Å². The van der Waals surface area contributed by atoms with Crippen LogP contribution in [0.25, 0.3) is 0 Å². The van der Waals surface area contributed by atoms with Gasteiger partial charge in [-0.25, -0.2) is 4.98 Å². The molecule has 0 aliphatic heterocycles. The second kappa shape index (κ2) is 6.46. The minimum atomic E-state index is 0.203. The van der Waals surface area contributed by atoms with Gasteiger partial charge >= 0.3 is 0 Å². The third-order valence-corrected chi connectivity index (χ3v) is 3.25. The molecule has 20 heavy (non-hydrogen) atoms. The van der Waals surface area contributed by atoms with Gasteiger partial charge in [-0.3, -0.25) is 0 Å². The lowest BCUT2D eigenvalue weighted by molar-refractivity contribution is 0.500. The molecule has 0 radical (unpaired) electrons. The van der Waals surface area contributed by atoms with Gasteiger partial charge in [-0.1, -0.05) is 6.92 Å². The highest BCUT2D eigenvalue weighted by molar-refractivity contribution is 5.53. The molecule has 2 heterocycles. The Balaban J connectivity index is 2.07. The number of aryl methyl sites for hydroxylation is 2. The molecule has 0 spiro atoms. The van der Waals surface area contributed by atoms with E-state index in [4.69, 9.17) is 4.42 Å². The van der Waals surface area contributed by atoms with Crippen LogP contribution in [0.3, 0.4) is 0 Å². The van der Waals surface area contributed by atoms with Gasteiger partial charge in [0.2, 0.25) is 0 Å². The van der Waals surface area contributed by atoms with E-state index in [0.29, 0.717) is 0 Å². The Morgan fingerprint density at radius 1 is 1.30 bits per heavy atom. The molecule has 2 aromatic heterocycles. The van der Waals surface area contributed by atoms with Crippen LogP contribution in [-0.4, -0.2) is 11.5 Å². The topological polar surface area (TPSA) is 50.1 Å². The summed E-state index contributed by atoms with van der Waals surface area (Å²) in [5, 5.41) is 6.78. The number of anilines is 2. The van der Waals surface area contributed by atoms with E-state index in [2.05, 4.69) is 35.5 Å². The monoisotopic (exact) mass is 273 g/mol. The predicted molar refractivity (Wildman–Crippen MR) is 83.2 cm³/mol. The quantitative estimate of drug-likeness (QED) is 0.824. The third-order valence-electron chi connectivity index (χ3n) is 3.25. The molecule has 0 saturated carbocycles. The Labute approximate surface area is 120 Å². The van der Waals surface area contributed by atoms with Gasteiger partial charge in [0.15, 0.2) is 0 Å². The van der Waals surface area contributed by atoms with E-state index in [9.17, 15) is 0 Å². The third kappa shape index (κ3) is 3.53. The van der Waals surface area contributed by atoms with E-state index in [1.54, 1.807) is 0 Å². The zero-order chi connectivity index (χ0) is 14.5. The molecule has 2 aromatic rings. The average Bonchev–Trinajstić information content (AvgIpc) is 2.76. The van der Waals surface area contributed by atoms with Gasteiger partial charge in [0.05, 0.1) is 6.04 Å². The van der Waals surface area contributed by atoms with Crippen molar-refractivity contribution in [2.24, 2.45) is 0 Å². The summed E-state index contributed by atoms with van der Waals surface area (Å²) in [6.07, 6.45) is 2.91. The summed E-state index contributed by atoms with van der Waals surface area (Å²) in [6, 6.07) is 6.31. The van der Waals surface area contributed by atoms with Crippen LogP contribution in [0.4, 0.5) is 11.5 Å². The zero-order valence-electron chi connectivity index (χ0n) is 12.7. The first-order valence-corrected chi connectivity index (χ1v) is 7.13. The number of furan rings is 1. The molecule has 2 N–H and O–H groups in total. The second-order valence-corrected chi connectivity index (χ2v) is 5.09. The molecule has 1 unspecified atom stereocenters. The molecule has 0 saturated heterocycles. The van der Waals surface area contributed by atoms with Gasteiger partial charge < -0.3 is 15.1 Å². The highest BCUT2D eigenvalue weighted by Gasteiger charge is 2.12. The van der Waals surface area contributed by atoms with E-state index < -0.39 is 0 Å². The number of rotatable bonds is 6. The molecule has 4 heteroatoms. The van der Waals surface area contributed by atoms with E-state index in [-0.39, 0.29) is 6.04 Å². The van der Waals surface area contributed by atoms with Crippen molar-refractivity contribution in [1.29, 1.82) is 0 Å². The SMILES string of the molecule is CCCNc1cc(NC(C)c2cc(C)oc2C)ccn1. The number of hydrogen-bond donors (Lipinski definition) is 2. The van der Waals surface area contributed by atoms with Crippen LogP contribution in [0.1, 0.15) is 43.4 Å². The maximum absolute atomic E-state index is 5.59. The van der Waals surface area contributed by atoms with Gasteiger partial charge in [-0.15, -0.1) is 0 Å². The molecule has 0 aliphatic rings. The normalized spacial score (nSPS) is 12.2. The van der Waals surface area contributed by atoms with Gasteiger partial charge in [0.25, 0.3) is 0 Å². The fraction of sp³-hybridized carbons (Fsp3) is 0.438. The largest absolute Gasteiger partial charge is 0.466 e. The Kier molecular flexibility index (Phi) is 4.66. The van der Waals surface area contributed by atoms with Gasteiger partial charge in [-0.05, 0) is 39.3 Å². The maximum atomic E-state index is 5.59. The highest BCUT2D eigenvalue weighted by atomic mass is 16.3. The first-order valence-electron chi connectivity index (χ1n) is 7.13. The van der Waals surface area contributed by atoms with E-state index >= 15 is 0 Å². The Morgan fingerprint density at radius 3 is 2.75 bits per heavy atom. The van der Waals surface area contributed by atoms with Gasteiger partial charge in [-0.2, -0.15) is 0 Å². The molecular formula is C16H23N3O. The van der Waals surface area contributed by atoms with Gasteiger partial charge in [0, 0.05) is 30.1 Å². The number of aromatic nitrogens is 1. The number of nitrogens with zero attached hydrogens (tertiary/aromatic N) is 1. The molecule has 0 bridgehead atoms. The van der Waals surface area contributed by atoms with Crippen molar-refractivity contribution in [3.8, 4) is 0 Å². The fourth-order valence-electron chi connectivity index (χ4n) is 2.28. The molecule has 0 aromatic carbocycles.